The minimum Gasteiger partial charge on any atom is -0.393 e. The molecule has 0 bridgehead atoms. The zero-order valence-corrected chi connectivity index (χ0v) is 11.6. The van der Waals surface area contributed by atoms with Gasteiger partial charge in [-0.3, -0.25) is 0 Å². The van der Waals surface area contributed by atoms with Crippen molar-refractivity contribution in [3.05, 3.63) is 0 Å². The molecule has 1 aliphatic carbocycles. The first-order valence-corrected chi connectivity index (χ1v) is 8.52. The molecule has 3 N–H and O–H groups in total. The number of hydrogen-bond acceptors (Lipinski definition) is 4. The van der Waals surface area contributed by atoms with Gasteiger partial charge in [-0.1, -0.05) is 12.8 Å². The number of piperidine rings is 1. The van der Waals surface area contributed by atoms with Crippen molar-refractivity contribution in [1.29, 1.82) is 0 Å². The molecule has 2 fully saturated rings. The molecule has 2 rings (SSSR count). The number of hydrogen-bond donors (Lipinski definition) is 3. The highest BCUT2D eigenvalue weighted by atomic mass is 32.2. The van der Waals surface area contributed by atoms with Crippen molar-refractivity contribution in [2.45, 2.75) is 62.3 Å². The lowest BCUT2D eigenvalue weighted by atomic mass is 10.1. The molecule has 106 valence electrons. The highest BCUT2D eigenvalue weighted by Crippen LogP contribution is 2.23. The minimum absolute atomic E-state index is 0.0177. The average Bonchev–Trinajstić information content (AvgIpc) is 2.55. The van der Waals surface area contributed by atoms with Gasteiger partial charge in [0.2, 0.25) is 10.0 Å². The summed E-state index contributed by atoms with van der Waals surface area (Å²) in [5.74, 6) is 0. The van der Waals surface area contributed by atoms with E-state index >= 15 is 0 Å². The Kier molecular flexibility index (Phi) is 5.00. The molecule has 1 heterocycles. The summed E-state index contributed by atoms with van der Waals surface area (Å²) in [6.45, 7) is 1.69. The van der Waals surface area contributed by atoms with Gasteiger partial charge in [0, 0.05) is 12.6 Å². The van der Waals surface area contributed by atoms with Crippen LogP contribution in [0.4, 0.5) is 0 Å². The summed E-state index contributed by atoms with van der Waals surface area (Å²) in [7, 11) is -3.29. The smallest absolute Gasteiger partial charge is 0.214 e. The molecule has 3 atom stereocenters. The van der Waals surface area contributed by atoms with Crippen LogP contribution in [0.3, 0.4) is 0 Å². The SMILES string of the molecule is O=S(=O)(NC1CCCNC1)C1CCCCC(O)C1. The van der Waals surface area contributed by atoms with E-state index in [2.05, 4.69) is 10.0 Å². The predicted octanol–water partition coefficient (Wildman–Crippen LogP) is 0.351. The second-order valence-corrected chi connectivity index (χ2v) is 7.49. The van der Waals surface area contributed by atoms with Gasteiger partial charge >= 0.3 is 0 Å². The average molecular weight is 276 g/mol. The number of aliphatic hydroxyl groups is 1. The third kappa shape index (κ3) is 3.91. The van der Waals surface area contributed by atoms with E-state index in [1.54, 1.807) is 0 Å². The Morgan fingerprint density at radius 1 is 1.11 bits per heavy atom. The van der Waals surface area contributed by atoms with E-state index in [0.29, 0.717) is 19.4 Å². The molecule has 5 nitrogen and oxygen atoms in total. The highest BCUT2D eigenvalue weighted by Gasteiger charge is 2.31. The molecule has 18 heavy (non-hydrogen) atoms. The highest BCUT2D eigenvalue weighted by molar-refractivity contribution is 7.90. The first kappa shape index (κ1) is 14.2. The van der Waals surface area contributed by atoms with Gasteiger partial charge in [-0.25, -0.2) is 13.1 Å². The monoisotopic (exact) mass is 276 g/mol. The first-order valence-electron chi connectivity index (χ1n) is 6.98. The maximum Gasteiger partial charge on any atom is 0.214 e. The number of nitrogens with one attached hydrogen (secondary N) is 2. The molecule has 0 amide bonds. The Bertz CT molecular complexity index is 352. The topological polar surface area (TPSA) is 78.4 Å². The standard InChI is InChI=1S/C12H24N2O3S/c15-11-5-1-2-6-12(8-11)18(16,17)14-10-4-3-7-13-9-10/h10-15H,1-9H2. The molecule has 0 aromatic rings. The Morgan fingerprint density at radius 2 is 1.89 bits per heavy atom. The molecule has 1 saturated heterocycles. The quantitative estimate of drug-likeness (QED) is 0.650. The molecule has 2 aliphatic rings. The fourth-order valence-corrected chi connectivity index (χ4v) is 4.66. The summed E-state index contributed by atoms with van der Waals surface area (Å²) in [5, 5.41) is 12.5. The van der Waals surface area contributed by atoms with Gasteiger partial charge in [0.15, 0.2) is 0 Å². The Hall–Kier alpha value is -0.170. The van der Waals surface area contributed by atoms with Crippen molar-refractivity contribution in [2.24, 2.45) is 0 Å². The lowest BCUT2D eigenvalue weighted by Gasteiger charge is -2.26. The van der Waals surface area contributed by atoms with Crippen LogP contribution in [-0.2, 0) is 10.0 Å². The molecule has 0 radical (unpaired) electrons. The predicted molar refractivity (Wildman–Crippen MR) is 70.8 cm³/mol. The largest absolute Gasteiger partial charge is 0.393 e. The van der Waals surface area contributed by atoms with Gasteiger partial charge in [0.05, 0.1) is 11.4 Å². The van der Waals surface area contributed by atoms with Crippen LogP contribution in [-0.4, -0.2) is 44.0 Å². The summed E-state index contributed by atoms with van der Waals surface area (Å²) >= 11 is 0. The van der Waals surface area contributed by atoms with E-state index in [1.807, 2.05) is 0 Å². The third-order valence-electron chi connectivity index (χ3n) is 3.92. The zero-order chi connectivity index (χ0) is 13.0. The molecule has 0 spiro atoms. The van der Waals surface area contributed by atoms with Crippen molar-refractivity contribution in [3.8, 4) is 0 Å². The Balaban J connectivity index is 1.95. The second kappa shape index (κ2) is 6.32. The third-order valence-corrected chi connectivity index (χ3v) is 5.88. The summed E-state index contributed by atoms with van der Waals surface area (Å²) in [5.41, 5.74) is 0. The van der Waals surface area contributed by atoms with E-state index < -0.39 is 21.4 Å². The lowest BCUT2D eigenvalue weighted by Crippen LogP contribution is -2.48. The van der Waals surface area contributed by atoms with Crippen molar-refractivity contribution in [3.63, 3.8) is 0 Å². The van der Waals surface area contributed by atoms with Crippen LogP contribution in [0.1, 0.15) is 44.9 Å². The van der Waals surface area contributed by atoms with Crippen molar-refractivity contribution in [2.75, 3.05) is 13.1 Å². The van der Waals surface area contributed by atoms with Gasteiger partial charge < -0.3 is 10.4 Å². The van der Waals surface area contributed by atoms with E-state index in [-0.39, 0.29) is 6.04 Å². The van der Waals surface area contributed by atoms with Gasteiger partial charge in [0.1, 0.15) is 0 Å². The lowest BCUT2D eigenvalue weighted by molar-refractivity contribution is 0.158. The molecule has 1 aliphatic heterocycles. The summed E-state index contributed by atoms with van der Waals surface area (Å²) in [6, 6.07) is 0.0177. The van der Waals surface area contributed by atoms with Gasteiger partial charge in [0.25, 0.3) is 0 Å². The Morgan fingerprint density at radius 3 is 2.61 bits per heavy atom. The number of rotatable bonds is 3. The summed E-state index contributed by atoms with van der Waals surface area (Å²) < 4.78 is 27.4. The van der Waals surface area contributed by atoms with Crippen molar-refractivity contribution < 1.29 is 13.5 Å². The fourth-order valence-electron chi connectivity index (χ4n) is 2.85. The summed E-state index contributed by atoms with van der Waals surface area (Å²) in [4.78, 5) is 0. The minimum atomic E-state index is -3.29. The van der Waals surface area contributed by atoms with E-state index in [1.165, 1.54) is 0 Å². The van der Waals surface area contributed by atoms with Gasteiger partial charge in [-0.2, -0.15) is 0 Å². The van der Waals surface area contributed by atoms with Crippen LogP contribution in [0.5, 0.6) is 0 Å². The molecule has 1 saturated carbocycles. The second-order valence-electron chi connectivity index (χ2n) is 5.50. The molecule has 0 aromatic heterocycles. The Labute approximate surface area is 109 Å². The number of sulfonamides is 1. The van der Waals surface area contributed by atoms with E-state index in [9.17, 15) is 13.5 Å². The molecule has 3 unspecified atom stereocenters. The van der Waals surface area contributed by atoms with Crippen molar-refractivity contribution >= 4 is 10.0 Å². The summed E-state index contributed by atoms with van der Waals surface area (Å²) in [6.07, 6.45) is 5.07. The van der Waals surface area contributed by atoms with Crippen LogP contribution in [0.2, 0.25) is 0 Å². The van der Waals surface area contributed by atoms with Crippen LogP contribution < -0.4 is 10.0 Å². The van der Waals surface area contributed by atoms with Gasteiger partial charge in [-0.05, 0) is 38.6 Å². The molecule has 6 heteroatoms. The van der Waals surface area contributed by atoms with E-state index in [0.717, 1.165) is 38.6 Å². The maximum atomic E-state index is 12.3. The van der Waals surface area contributed by atoms with Gasteiger partial charge in [-0.15, -0.1) is 0 Å². The maximum absolute atomic E-state index is 12.3. The molecular weight excluding hydrogens is 252 g/mol. The van der Waals surface area contributed by atoms with Crippen molar-refractivity contribution in [1.82, 2.24) is 10.0 Å². The van der Waals surface area contributed by atoms with E-state index in [4.69, 9.17) is 0 Å². The van der Waals surface area contributed by atoms with Crippen LogP contribution >= 0.6 is 0 Å². The molecule has 0 aromatic carbocycles. The first-order chi connectivity index (χ1) is 8.58. The number of aliphatic hydroxyl groups excluding tert-OH is 1. The van der Waals surface area contributed by atoms with Crippen LogP contribution in [0.15, 0.2) is 0 Å². The zero-order valence-electron chi connectivity index (χ0n) is 10.8. The normalized spacial score (nSPS) is 35.1. The van der Waals surface area contributed by atoms with Crippen LogP contribution in [0, 0.1) is 0 Å². The molecular formula is C12H24N2O3S. The van der Waals surface area contributed by atoms with Crippen LogP contribution in [0.25, 0.3) is 0 Å². The fraction of sp³-hybridized carbons (Fsp3) is 1.00.